The van der Waals surface area contributed by atoms with Gasteiger partial charge in [-0.2, -0.15) is 0 Å². The fourth-order valence-corrected chi connectivity index (χ4v) is 3.33. The molecular formula is C14H18ClNO4S. The lowest BCUT2D eigenvalue weighted by Crippen LogP contribution is -2.29. The lowest BCUT2D eigenvalue weighted by molar-refractivity contribution is 0.0786. The van der Waals surface area contributed by atoms with Crippen LogP contribution in [0.1, 0.15) is 23.7 Å². The molecule has 1 saturated carbocycles. The Kier molecular flexibility index (Phi) is 4.49. The van der Waals surface area contributed by atoms with Crippen LogP contribution in [0.3, 0.4) is 0 Å². The zero-order chi connectivity index (χ0) is 15.8. The Bertz CT molecular complexity index is 659. The van der Waals surface area contributed by atoms with Crippen molar-refractivity contribution in [3.8, 4) is 5.75 Å². The van der Waals surface area contributed by atoms with E-state index in [1.807, 2.05) is 0 Å². The SMILES string of the molecule is COc1ccc(C(=O)N(C)CC2CC2C)cc1S(=O)(=O)Cl. The molecule has 0 aliphatic heterocycles. The van der Waals surface area contributed by atoms with E-state index in [1.54, 1.807) is 18.0 Å². The molecule has 1 amide bonds. The third-order valence-corrected chi connectivity index (χ3v) is 5.15. The normalized spacial score (nSPS) is 21.0. The number of rotatable bonds is 5. The summed E-state index contributed by atoms with van der Waals surface area (Å²) in [6.45, 7) is 2.82. The van der Waals surface area contributed by atoms with Gasteiger partial charge in [-0.1, -0.05) is 6.92 Å². The second-order valence-corrected chi connectivity index (χ2v) is 8.00. The number of hydrogen-bond acceptors (Lipinski definition) is 4. The number of hydrogen-bond donors (Lipinski definition) is 0. The second kappa shape index (κ2) is 5.85. The highest BCUT2D eigenvalue weighted by molar-refractivity contribution is 8.13. The molecule has 1 aliphatic rings. The molecule has 1 aromatic rings. The van der Waals surface area contributed by atoms with Gasteiger partial charge in [-0.3, -0.25) is 4.79 Å². The second-order valence-electron chi connectivity index (χ2n) is 5.46. The Morgan fingerprint density at radius 2 is 2.10 bits per heavy atom. The summed E-state index contributed by atoms with van der Waals surface area (Å²) in [6, 6.07) is 4.24. The van der Waals surface area contributed by atoms with E-state index in [4.69, 9.17) is 15.4 Å². The zero-order valence-corrected chi connectivity index (χ0v) is 13.7. The van der Waals surface area contributed by atoms with Gasteiger partial charge in [0.05, 0.1) is 7.11 Å². The standard InChI is InChI=1S/C14H18ClNO4S/c1-9-6-11(9)8-16(2)14(17)10-4-5-12(20-3)13(7-10)21(15,18)19/h4-5,7,9,11H,6,8H2,1-3H3. The van der Waals surface area contributed by atoms with E-state index in [2.05, 4.69) is 6.92 Å². The van der Waals surface area contributed by atoms with Crippen LogP contribution < -0.4 is 4.74 Å². The Morgan fingerprint density at radius 1 is 1.48 bits per heavy atom. The lowest BCUT2D eigenvalue weighted by Gasteiger charge is -2.18. The Labute approximate surface area is 129 Å². The lowest BCUT2D eigenvalue weighted by atomic mass is 10.2. The van der Waals surface area contributed by atoms with E-state index in [-0.39, 0.29) is 22.1 Å². The zero-order valence-electron chi connectivity index (χ0n) is 12.2. The van der Waals surface area contributed by atoms with E-state index in [0.717, 1.165) is 6.42 Å². The summed E-state index contributed by atoms with van der Waals surface area (Å²) in [4.78, 5) is 13.8. The van der Waals surface area contributed by atoms with Crippen LogP contribution in [0.4, 0.5) is 0 Å². The summed E-state index contributed by atoms with van der Waals surface area (Å²) in [5.74, 6) is 1.08. The van der Waals surface area contributed by atoms with Gasteiger partial charge in [0, 0.05) is 29.8 Å². The monoisotopic (exact) mass is 331 g/mol. The molecule has 2 rings (SSSR count). The first-order valence-corrected chi connectivity index (χ1v) is 8.93. The Hall–Kier alpha value is -1.27. The predicted octanol–water partition coefficient (Wildman–Crippen LogP) is 2.35. The predicted molar refractivity (Wildman–Crippen MR) is 80.3 cm³/mol. The molecule has 1 aromatic carbocycles. The number of amides is 1. The van der Waals surface area contributed by atoms with Gasteiger partial charge in [-0.25, -0.2) is 8.42 Å². The largest absolute Gasteiger partial charge is 0.495 e. The van der Waals surface area contributed by atoms with Gasteiger partial charge in [-0.15, -0.1) is 0 Å². The van der Waals surface area contributed by atoms with Crippen LogP contribution in [0, 0.1) is 11.8 Å². The number of halogens is 1. The minimum absolute atomic E-state index is 0.125. The van der Waals surface area contributed by atoms with E-state index >= 15 is 0 Å². The third-order valence-electron chi connectivity index (χ3n) is 3.80. The average molecular weight is 332 g/mol. The van der Waals surface area contributed by atoms with Crippen molar-refractivity contribution in [2.75, 3.05) is 20.7 Å². The molecule has 1 fully saturated rings. The Balaban J connectivity index is 2.25. The fraction of sp³-hybridized carbons (Fsp3) is 0.500. The van der Waals surface area contributed by atoms with Crippen LogP contribution in [-0.2, 0) is 9.05 Å². The van der Waals surface area contributed by atoms with Crippen molar-refractivity contribution in [3.05, 3.63) is 23.8 Å². The number of carbonyl (C=O) groups excluding carboxylic acids is 1. The van der Waals surface area contributed by atoms with Crippen molar-refractivity contribution in [3.63, 3.8) is 0 Å². The summed E-state index contributed by atoms with van der Waals surface area (Å²) in [5.41, 5.74) is 0.283. The van der Waals surface area contributed by atoms with E-state index < -0.39 is 9.05 Å². The van der Waals surface area contributed by atoms with Crippen molar-refractivity contribution in [1.82, 2.24) is 4.90 Å². The number of carbonyl (C=O) groups is 1. The maximum atomic E-state index is 12.3. The topological polar surface area (TPSA) is 63.7 Å². The maximum Gasteiger partial charge on any atom is 0.265 e. The minimum atomic E-state index is -3.97. The van der Waals surface area contributed by atoms with Gasteiger partial charge in [-0.05, 0) is 36.5 Å². The highest BCUT2D eigenvalue weighted by Crippen LogP contribution is 2.38. The molecule has 5 nitrogen and oxygen atoms in total. The average Bonchev–Trinajstić information content (AvgIpc) is 3.11. The van der Waals surface area contributed by atoms with Gasteiger partial charge in [0.2, 0.25) is 0 Å². The molecule has 0 bridgehead atoms. The van der Waals surface area contributed by atoms with Gasteiger partial charge >= 0.3 is 0 Å². The number of ether oxygens (including phenoxy) is 1. The molecule has 21 heavy (non-hydrogen) atoms. The molecule has 0 aromatic heterocycles. The third kappa shape index (κ3) is 3.68. The van der Waals surface area contributed by atoms with Crippen LogP contribution in [-0.4, -0.2) is 39.9 Å². The van der Waals surface area contributed by atoms with Crippen molar-refractivity contribution in [2.24, 2.45) is 11.8 Å². The first-order chi connectivity index (χ1) is 9.74. The number of nitrogens with zero attached hydrogens (tertiary/aromatic N) is 1. The number of methoxy groups -OCH3 is 1. The molecule has 0 spiro atoms. The molecule has 7 heteroatoms. The fourth-order valence-electron chi connectivity index (χ4n) is 2.31. The summed E-state index contributed by atoms with van der Waals surface area (Å²) in [5, 5.41) is 0. The van der Waals surface area contributed by atoms with Crippen LogP contribution in [0.15, 0.2) is 23.1 Å². The molecule has 0 N–H and O–H groups in total. The smallest absolute Gasteiger partial charge is 0.265 e. The van der Waals surface area contributed by atoms with Gasteiger partial charge in [0.1, 0.15) is 10.6 Å². The first kappa shape index (κ1) is 16.1. The van der Waals surface area contributed by atoms with Crippen molar-refractivity contribution in [1.29, 1.82) is 0 Å². The van der Waals surface area contributed by atoms with Crippen molar-refractivity contribution < 1.29 is 17.9 Å². The minimum Gasteiger partial charge on any atom is -0.495 e. The van der Waals surface area contributed by atoms with Gasteiger partial charge < -0.3 is 9.64 Å². The van der Waals surface area contributed by atoms with Gasteiger partial charge in [0.25, 0.3) is 15.0 Å². The summed E-state index contributed by atoms with van der Waals surface area (Å²) in [7, 11) is 4.47. The summed E-state index contributed by atoms with van der Waals surface area (Å²) < 4.78 is 28.1. The van der Waals surface area contributed by atoms with Crippen LogP contribution in [0.25, 0.3) is 0 Å². The molecule has 1 aliphatic carbocycles. The molecule has 0 saturated heterocycles. The molecule has 2 unspecified atom stereocenters. The van der Waals surface area contributed by atoms with E-state index in [0.29, 0.717) is 18.4 Å². The highest BCUT2D eigenvalue weighted by Gasteiger charge is 2.34. The highest BCUT2D eigenvalue weighted by atomic mass is 35.7. The molecule has 0 radical (unpaired) electrons. The van der Waals surface area contributed by atoms with Crippen molar-refractivity contribution >= 4 is 25.6 Å². The van der Waals surface area contributed by atoms with Crippen molar-refractivity contribution in [2.45, 2.75) is 18.2 Å². The van der Waals surface area contributed by atoms with E-state index in [9.17, 15) is 13.2 Å². The number of benzene rings is 1. The van der Waals surface area contributed by atoms with Crippen LogP contribution in [0.5, 0.6) is 5.75 Å². The van der Waals surface area contributed by atoms with Crippen LogP contribution in [0.2, 0.25) is 0 Å². The quantitative estimate of drug-likeness (QED) is 0.777. The molecule has 2 atom stereocenters. The maximum absolute atomic E-state index is 12.3. The summed E-state index contributed by atoms with van der Waals surface area (Å²) in [6.07, 6.45) is 1.13. The van der Waals surface area contributed by atoms with E-state index in [1.165, 1.54) is 19.2 Å². The Morgan fingerprint density at radius 3 is 2.57 bits per heavy atom. The molecule has 0 heterocycles. The molecular weight excluding hydrogens is 314 g/mol. The summed E-state index contributed by atoms with van der Waals surface area (Å²) >= 11 is 0. The first-order valence-electron chi connectivity index (χ1n) is 6.62. The van der Waals surface area contributed by atoms with Gasteiger partial charge in [0.15, 0.2) is 0 Å². The molecule has 116 valence electrons. The van der Waals surface area contributed by atoms with Crippen LogP contribution >= 0.6 is 10.7 Å².